The Bertz CT molecular complexity index is 911. The fourth-order valence-corrected chi connectivity index (χ4v) is 3.82. The van der Waals surface area contributed by atoms with Crippen molar-refractivity contribution in [1.29, 1.82) is 0 Å². The quantitative estimate of drug-likeness (QED) is 0.607. The highest BCUT2D eigenvalue weighted by Crippen LogP contribution is 2.28. The van der Waals surface area contributed by atoms with Crippen molar-refractivity contribution >= 4 is 23.5 Å². The number of hydrogen-bond donors (Lipinski definition) is 0. The van der Waals surface area contributed by atoms with Crippen molar-refractivity contribution < 1.29 is 23.8 Å². The number of esters is 1. The van der Waals surface area contributed by atoms with Crippen LogP contribution in [0.5, 0.6) is 11.5 Å². The first-order valence-corrected chi connectivity index (χ1v) is 10.5. The molecule has 31 heavy (non-hydrogen) atoms. The van der Waals surface area contributed by atoms with Crippen LogP contribution in [-0.4, -0.2) is 68.7 Å². The molecule has 7 nitrogen and oxygen atoms in total. The summed E-state index contributed by atoms with van der Waals surface area (Å²) in [4.78, 5) is 29.6. The molecule has 0 spiro atoms. The number of halogens is 1. The van der Waals surface area contributed by atoms with Gasteiger partial charge in [-0.15, -0.1) is 0 Å². The summed E-state index contributed by atoms with van der Waals surface area (Å²) in [6.07, 6.45) is 0. The number of nitrogens with zero attached hydrogens (tertiary/aromatic N) is 2. The third-order valence-electron chi connectivity index (χ3n) is 5.30. The Balaban J connectivity index is 1.74. The molecule has 0 saturated carbocycles. The molecule has 1 saturated heterocycles. The molecule has 166 valence electrons. The number of hydrogen-bond acceptors (Lipinski definition) is 6. The largest absolute Gasteiger partial charge is 0.497 e. The highest BCUT2D eigenvalue weighted by Gasteiger charge is 2.33. The van der Waals surface area contributed by atoms with Crippen molar-refractivity contribution in [3.63, 3.8) is 0 Å². The first kappa shape index (κ1) is 22.9. The molecule has 0 aliphatic carbocycles. The molecule has 0 radical (unpaired) electrons. The molecule has 0 unspecified atom stereocenters. The summed E-state index contributed by atoms with van der Waals surface area (Å²) >= 11 is 6.01. The highest BCUT2D eigenvalue weighted by molar-refractivity contribution is 6.30. The van der Waals surface area contributed by atoms with Crippen LogP contribution in [0.4, 0.5) is 0 Å². The van der Waals surface area contributed by atoms with E-state index < -0.39 is 6.04 Å². The zero-order valence-corrected chi connectivity index (χ0v) is 18.7. The van der Waals surface area contributed by atoms with Gasteiger partial charge in [0.25, 0.3) is 5.91 Å². The fourth-order valence-electron chi connectivity index (χ4n) is 3.69. The number of carbonyl (C=O) groups excluding carboxylic acids is 2. The van der Waals surface area contributed by atoms with Crippen LogP contribution >= 0.6 is 11.6 Å². The monoisotopic (exact) mass is 446 g/mol. The van der Waals surface area contributed by atoms with Gasteiger partial charge in [-0.2, -0.15) is 0 Å². The predicted octanol–water partition coefficient (Wildman–Crippen LogP) is 3.42. The van der Waals surface area contributed by atoms with E-state index in [0.29, 0.717) is 54.9 Å². The van der Waals surface area contributed by atoms with Crippen molar-refractivity contribution in [2.45, 2.75) is 13.0 Å². The summed E-state index contributed by atoms with van der Waals surface area (Å²) in [5.74, 6) is 0.676. The SMILES string of the molecule is CCOC(=O)[C@@H](c1ccc(Cl)cc1)N1CCN(C(=O)c2ccc(OC)cc2OC)CC1. The lowest BCUT2D eigenvalue weighted by Gasteiger charge is -2.38. The second-order valence-corrected chi connectivity index (χ2v) is 7.54. The lowest BCUT2D eigenvalue weighted by molar-refractivity contribution is -0.150. The second kappa shape index (κ2) is 10.5. The number of methoxy groups -OCH3 is 2. The zero-order valence-electron chi connectivity index (χ0n) is 18.0. The summed E-state index contributed by atoms with van der Waals surface area (Å²) in [5.41, 5.74) is 1.30. The maximum atomic E-state index is 13.1. The summed E-state index contributed by atoms with van der Waals surface area (Å²) in [5, 5.41) is 0.607. The Kier molecular flexibility index (Phi) is 7.76. The molecule has 1 aliphatic rings. The van der Waals surface area contributed by atoms with E-state index in [-0.39, 0.29) is 11.9 Å². The molecule has 1 atom stereocenters. The molecule has 0 N–H and O–H groups in total. The van der Waals surface area contributed by atoms with Gasteiger partial charge in [-0.3, -0.25) is 9.69 Å². The standard InChI is InChI=1S/C23H27ClN2O5/c1-4-31-23(28)21(16-5-7-17(24)8-6-16)25-11-13-26(14-12-25)22(27)19-10-9-18(29-2)15-20(19)30-3/h5-10,15,21H,4,11-14H2,1-3H3/t21-/m1/s1. The van der Waals surface area contributed by atoms with E-state index in [1.165, 1.54) is 7.11 Å². The first-order chi connectivity index (χ1) is 15.0. The molecule has 2 aromatic carbocycles. The topological polar surface area (TPSA) is 68.3 Å². The van der Waals surface area contributed by atoms with E-state index in [1.54, 1.807) is 49.3 Å². The van der Waals surface area contributed by atoms with Gasteiger partial charge in [0.2, 0.25) is 0 Å². The minimum Gasteiger partial charge on any atom is -0.497 e. The Labute approximate surface area is 187 Å². The van der Waals surface area contributed by atoms with Gasteiger partial charge in [0.15, 0.2) is 0 Å². The van der Waals surface area contributed by atoms with Crippen LogP contribution in [0.25, 0.3) is 0 Å². The molecule has 2 aromatic rings. The molecule has 1 heterocycles. The number of benzene rings is 2. The summed E-state index contributed by atoms with van der Waals surface area (Å²) in [6.45, 7) is 4.13. The fraction of sp³-hybridized carbons (Fsp3) is 0.391. The minimum absolute atomic E-state index is 0.113. The van der Waals surface area contributed by atoms with Gasteiger partial charge in [-0.05, 0) is 36.8 Å². The maximum absolute atomic E-state index is 13.1. The second-order valence-electron chi connectivity index (χ2n) is 7.10. The van der Waals surface area contributed by atoms with Crippen LogP contribution in [0, 0.1) is 0 Å². The van der Waals surface area contributed by atoms with E-state index >= 15 is 0 Å². The molecule has 8 heteroatoms. The van der Waals surface area contributed by atoms with E-state index in [2.05, 4.69) is 0 Å². The number of carbonyl (C=O) groups is 2. The molecule has 0 aromatic heterocycles. The van der Waals surface area contributed by atoms with Crippen LogP contribution in [0.1, 0.15) is 28.9 Å². The summed E-state index contributed by atoms with van der Waals surface area (Å²) in [7, 11) is 3.09. The molecular formula is C23H27ClN2O5. The third kappa shape index (κ3) is 5.29. The third-order valence-corrected chi connectivity index (χ3v) is 5.55. The number of piperazine rings is 1. The lowest BCUT2D eigenvalue weighted by Crippen LogP contribution is -2.51. The molecule has 3 rings (SSSR count). The highest BCUT2D eigenvalue weighted by atomic mass is 35.5. The van der Waals surface area contributed by atoms with E-state index in [0.717, 1.165) is 5.56 Å². The van der Waals surface area contributed by atoms with Crippen molar-refractivity contribution in [3.8, 4) is 11.5 Å². The van der Waals surface area contributed by atoms with Gasteiger partial charge in [0.1, 0.15) is 17.5 Å². The molecule has 0 bridgehead atoms. The Morgan fingerprint density at radius 2 is 1.68 bits per heavy atom. The van der Waals surface area contributed by atoms with Gasteiger partial charge in [0, 0.05) is 37.3 Å². The first-order valence-electron chi connectivity index (χ1n) is 10.2. The Hall–Kier alpha value is -2.77. The zero-order chi connectivity index (χ0) is 22.4. The van der Waals surface area contributed by atoms with Gasteiger partial charge >= 0.3 is 5.97 Å². The lowest BCUT2D eigenvalue weighted by atomic mass is 10.0. The van der Waals surface area contributed by atoms with Gasteiger partial charge < -0.3 is 19.1 Å². The van der Waals surface area contributed by atoms with Gasteiger partial charge in [-0.1, -0.05) is 23.7 Å². The maximum Gasteiger partial charge on any atom is 0.328 e. The Morgan fingerprint density at radius 1 is 1.00 bits per heavy atom. The van der Waals surface area contributed by atoms with Gasteiger partial charge in [0.05, 0.1) is 26.4 Å². The van der Waals surface area contributed by atoms with E-state index in [4.69, 9.17) is 25.8 Å². The van der Waals surface area contributed by atoms with Crippen LogP contribution in [0.2, 0.25) is 5.02 Å². The molecule has 1 amide bonds. The number of amides is 1. The van der Waals surface area contributed by atoms with E-state index in [1.807, 2.05) is 17.0 Å². The normalized spacial score (nSPS) is 15.3. The summed E-state index contributed by atoms with van der Waals surface area (Å²) < 4.78 is 15.9. The van der Waals surface area contributed by atoms with Crippen molar-refractivity contribution in [2.75, 3.05) is 47.0 Å². The molecule has 1 fully saturated rings. The van der Waals surface area contributed by atoms with Crippen LogP contribution in [0.15, 0.2) is 42.5 Å². The van der Waals surface area contributed by atoms with Crippen LogP contribution in [-0.2, 0) is 9.53 Å². The van der Waals surface area contributed by atoms with Crippen LogP contribution in [0.3, 0.4) is 0 Å². The van der Waals surface area contributed by atoms with Crippen LogP contribution < -0.4 is 9.47 Å². The average molecular weight is 447 g/mol. The summed E-state index contributed by atoms with van der Waals surface area (Å²) in [6, 6.07) is 11.8. The Morgan fingerprint density at radius 3 is 2.26 bits per heavy atom. The number of ether oxygens (including phenoxy) is 3. The minimum atomic E-state index is -0.537. The predicted molar refractivity (Wildman–Crippen MR) is 118 cm³/mol. The van der Waals surface area contributed by atoms with Crippen molar-refractivity contribution in [2.24, 2.45) is 0 Å². The van der Waals surface area contributed by atoms with Gasteiger partial charge in [-0.25, -0.2) is 4.79 Å². The smallest absolute Gasteiger partial charge is 0.328 e. The molecular weight excluding hydrogens is 420 g/mol. The average Bonchev–Trinajstić information content (AvgIpc) is 2.80. The van der Waals surface area contributed by atoms with Crippen molar-refractivity contribution in [3.05, 3.63) is 58.6 Å². The number of rotatable bonds is 7. The van der Waals surface area contributed by atoms with Crippen molar-refractivity contribution in [1.82, 2.24) is 9.80 Å². The molecule has 1 aliphatic heterocycles. The van der Waals surface area contributed by atoms with E-state index in [9.17, 15) is 9.59 Å².